The molecule has 1 fully saturated rings. The van der Waals surface area contributed by atoms with Crippen LogP contribution in [-0.2, 0) is 6.54 Å². The standard InChI is InChI=1S/C21H22FN3O2S/c1-14-3-2-4-18-19(14)24-21(28-18)27-17-9-11-25(12-10-17)20(26)23-13-15-5-7-16(22)8-6-15/h2-8,17H,9-13H2,1H3,(H,23,26). The number of carbonyl (C=O) groups excluding carboxylic acids is 1. The van der Waals surface area contributed by atoms with Crippen LogP contribution in [-0.4, -0.2) is 35.1 Å². The molecule has 4 rings (SSSR count). The van der Waals surface area contributed by atoms with Crippen LogP contribution in [0, 0.1) is 12.7 Å². The molecule has 3 aromatic rings. The van der Waals surface area contributed by atoms with Crippen molar-refractivity contribution in [2.75, 3.05) is 13.1 Å². The highest BCUT2D eigenvalue weighted by Crippen LogP contribution is 2.31. The Morgan fingerprint density at radius 3 is 2.71 bits per heavy atom. The molecular weight excluding hydrogens is 377 g/mol. The molecule has 0 spiro atoms. The molecule has 2 heterocycles. The van der Waals surface area contributed by atoms with Crippen LogP contribution in [0.4, 0.5) is 9.18 Å². The Balaban J connectivity index is 1.27. The number of aryl methyl sites for hydroxylation is 1. The summed E-state index contributed by atoms with van der Waals surface area (Å²) in [5, 5.41) is 3.59. The molecule has 1 aromatic heterocycles. The van der Waals surface area contributed by atoms with E-state index in [9.17, 15) is 9.18 Å². The fourth-order valence-corrected chi connectivity index (χ4v) is 4.29. The second kappa shape index (κ2) is 8.14. The Morgan fingerprint density at radius 1 is 1.25 bits per heavy atom. The molecule has 0 atom stereocenters. The zero-order valence-electron chi connectivity index (χ0n) is 15.7. The summed E-state index contributed by atoms with van der Waals surface area (Å²) in [5.41, 5.74) is 3.02. The van der Waals surface area contributed by atoms with Crippen molar-refractivity contribution in [2.24, 2.45) is 0 Å². The summed E-state index contributed by atoms with van der Waals surface area (Å²) in [6.07, 6.45) is 1.62. The maximum absolute atomic E-state index is 12.9. The van der Waals surface area contributed by atoms with Gasteiger partial charge in [-0.2, -0.15) is 0 Å². The third-order valence-corrected chi connectivity index (χ3v) is 5.87. The molecule has 1 aliphatic heterocycles. The number of amides is 2. The molecule has 28 heavy (non-hydrogen) atoms. The van der Waals surface area contributed by atoms with Gasteiger partial charge in [0.2, 0.25) is 0 Å². The van der Waals surface area contributed by atoms with E-state index in [1.807, 2.05) is 6.07 Å². The molecule has 0 radical (unpaired) electrons. The highest BCUT2D eigenvalue weighted by atomic mass is 32.1. The van der Waals surface area contributed by atoms with E-state index in [0.29, 0.717) is 24.8 Å². The Kier molecular flexibility index (Phi) is 5.43. The van der Waals surface area contributed by atoms with Gasteiger partial charge in [-0.05, 0) is 36.2 Å². The maximum atomic E-state index is 12.9. The predicted octanol–water partition coefficient (Wildman–Crippen LogP) is 4.50. The van der Waals surface area contributed by atoms with Gasteiger partial charge in [0, 0.05) is 32.5 Å². The number of halogens is 1. The maximum Gasteiger partial charge on any atom is 0.317 e. The van der Waals surface area contributed by atoms with Crippen LogP contribution in [0.3, 0.4) is 0 Å². The van der Waals surface area contributed by atoms with E-state index < -0.39 is 0 Å². The number of piperidine rings is 1. The fraction of sp³-hybridized carbons (Fsp3) is 0.333. The average Bonchev–Trinajstić information content (AvgIpc) is 3.12. The number of benzene rings is 2. The van der Waals surface area contributed by atoms with Crippen LogP contribution in [0.1, 0.15) is 24.0 Å². The van der Waals surface area contributed by atoms with Crippen molar-refractivity contribution in [2.45, 2.75) is 32.4 Å². The van der Waals surface area contributed by atoms with E-state index >= 15 is 0 Å². The van der Waals surface area contributed by atoms with Gasteiger partial charge >= 0.3 is 6.03 Å². The van der Waals surface area contributed by atoms with Gasteiger partial charge in [-0.15, -0.1) is 0 Å². The average molecular weight is 399 g/mol. The predicted molar refractivity (Wildman–Crippen MR) is 108 cm³/mol. The van der Waals surface area contributed by atoms with Crippen molar-refractivity contribution < 1.29 is 13.9 Å². The van der Waals surface area contributed by atoms with Crippen LogP contribution in [0.5, 0.6) is 5.19 Å². The summed E-state index contributed by atoms with van der Waals surface area (Å²) in [6.45, 7) is 3.73. The minimum absolute atomic E-state index is 0.0713. The lowest BCUT2D eigenvalue weighted by molar-refractivity contribution is 0.111. The summed E-state index contributed by atoms with van der Waals surface area (Å²) in [5.74, 6) is -0.277. The van der Waals surface area contributed by atoms with E-state index in [0.717, 1.165) is 34.2 Å². The van der Waals surface area contributed by atoms with Gasteiger partial charge in [-0.3, -0.25) is 0 Å². The zero-order valence-corrected chi connectivity index (χ0v) is 16.5. The molecule has 0 bridgehead atoms. The molecule has 1 N–H and O–H groups in total. The Labute approximate surface area is 167 Å². The third kappa shape index (κ3) is 4.25. The summed E-state index contributed by atoms with van der Waals surface area (Å²) < 4.78 is 20.1. The van der Waals surface area contributed by atoms with Crippen LogP contribution in [0.15, 0.2) is 42.5 Å². The lowest BCUT2D eigenvalue weighted by Gasteiger charge is -2.31. The highest BCUT2D eigenvalue weighted by molar-refractivity contribution is 7.20. The van der Waals surface area contributed by atoms with Crippen LogP contribution in [0.25, 0.3) is 10.2 Å². The SMILES string of the molecule is Cc1cccc2sc(OC3CCN(C(=O)NCc4ccc(F)cc4)CC3)nc12. The number of thiazole rings is 1. The Morgan fingerprint density at radius 2 is 2.00 bits per heavy atom. The number of nitrogens with zero attached hydrogens (tertiary/aromatic N) is 2. The van der Waals surface area contributed by atoms with Crippen LogP contribution >= 0.6 is 11.3 Å². The van der Waals surface area contributed by atoms with Crippen molar-refractivity contribution in [1.29, 1.82) is 0 Å². The second-order valence-electron chi connectivity index (χ2n) is 6.99. The quantitative estimate of drug-likeness (QED) is 0.703. The number of ether oxygens (including phenoxy) is 1. The summed E-state index contributed by atoms with van der Waals surface area (Å²) >= 11 is 1.57. The van der Waals surface area contributed by atoms with E-state index in [-0.39, 0.29) is 18.0 Å². The molecule has 0 unspecified atom stereocenters. The van der Waals surface area contributed by atoms with Crippen molar-refractivity contribution in [3.05, 3.63) is 59.4 Å². The van der Waals surface area contributed by atoms with E-state index in [1.54, 1.807) is 28.4 Å². The van der Waals surface area contributed by atoms with Gasteiger partial charge in [0.1, 0.15) is 11.9 Å². The number of nitrogens with one attached hydrogen (secondary N) is 1. The van der Waals surface area contributed by atoms with E-state index in [1.165, 1.54) is 12.1 Å². The molecule has 2 aromatic carbocycles. The summed E-state index contributed by atoms with van der Waals surface area (Å²) in [7, 11) is 0. The number of fused-ring (bicyclic) bond motifs is 1. The molecule has 0 saturated carbocycles. The molecule has 146 valence electrons. The number of hydrogen-bond acceptors (Lipinski definition) is 4. The first-order valence-electron chi connectivity index (χ1n) is 9.38. The molecule has 1 aliphatic rings. The van der Waals surface area contributed by atoms with E-state index in [4.69, 9.17) is 4.74 Å². The number of urea groups is 1. The van der Waals surface area contributed by atoms with Gasteiger partial charge < -0.3 is 15.0 Å². The van der Waals surface area contributed by atoms with Crippen molar-refractivity contribution in [1.82, 2.24) is 15.2 Å². The van der Waals surface area contributed by atoms with Gasteiger partial charge in [0.25, 0.3) is 5.19 Å². The first-order valence-corrected chi connectivity index (χ1v) is 10.2. The monoisotopic (exact) mass is 399 g/mol. The molecule has 1 saturated heterocycles. The topological polar surface area (TPSA) is 54.5 Å². The summed E-state index contributed by atoms with van der Waals surface area (Å²) in [6, 6.07) is 12.2. The lowest BCUT2D eigenvalue weighted by atomic mass is 10.1. The molecule has 2 amide bonds. The second-order valence-corrected chi connectivity index (χ2v) is 7.98. The minimum atomic E-state index is -0.277. The minimum Gasteiger partial charge on any atom is -0.467 e. The van der Waals surface area contributed by atoms with E-state index in [2.05, 4.69) is 29.4 Å². The Bertz CT molecular complexity index is 965. The van der Waals surface area contributed by atoms with Crippen molar-refractivity contribution in [3.63, 3.8) is 0 Å². The van der Waals surface area contributed by atoms with Gasteiger partial charge in [-0.25, -0.2) is 14.2 Å². The smallest absolute Gasteiger partial charge is 0.317 e. The van der Waals surface area contributed by atoms with Crippen LogP contribution < -0.4 is 10.1 Å². The number of aromatic nitrogens is 1. The van der Waals surface area contributed by atoms with Gasteiger partial charge in [-0.1, -0.05) is 35.6 Å². The molecule has 5 nitrogen and oxygen atoms in total. The van der Waals surface area contributed by atoms with Gasteiger partial charge in [0.05, 0.1) is 10.2 Å². The zero-order chi connectivity index (χ0) is 19.5. The number of rotatable bonds is 4. The first-order chi connectivity index (χ1) is 13.6. The molecule has 0 aliphatic carbocycles. The largest absolute Gasteiger partial charge is 0.467 e. The number of para-hydroxylation sites is 1. The van der Waals surface area contributed by atoms with Crippen LogP contribution in [0.2, 0.25) is 0 Å². The lowest BCUT2D eigenvalue weighted by Crippen LogP contribution is -2.46. The fourth-order valence-electron chi connectivity index (χ4n) is 3.33. The normalized spacial score (nSPS) is 15.0. The number of carbonyl (C=O) groups is 1. The summed E-state index contributed by atoms with van der Waals surface area (Å²) in [4.78, 5) is 18.8. The van der Waals surface area contributed by atoms with Gasteiger partial charge in [0.15, 0.2) is 0 Å². The Hall–Kier alpha value is -2.67. The third-order valence-electron chi connectivity index (χ3n) is 4.95. The molecular formula is C21H22FN3O2S. The number of hydrogen-bond donors (Lipinski definition) is 1. The van der Waals surface area contributed by atoms with Crippen molar-refractivity contribution in [3.8, 4) is 5.19 Å². The highest BCUT2D eigenvalue weighted by Gasteiger charge is 2.24. The molecule has 7 heteroatoms. The first kappa shape index (κ1) is 18.7. The number of likely N-dealkylation sites (tertiary alicyclic amines) is 1. The van der Waals surface area contributed by atoms with Crippen molar-refractivity contribution >= 4 is 27.6 Å².